The molecule has 1 saturated heterocycles. The molecule has 2 aliphatic heterocycles. The lowest BCUT2D eigenvalue weighted by molar-refractivity contribution is 0.0924. The highest BCUT2D eigenvalue weighted by molar-refractivity contribution is 5.96. The number of fused-ring (bicyclic) bond motifs is 3. The number of benzene rings is 2. The Hall–Kier alpha value is -4.44. The Bertz CT molecular complexity index is 1520. The van der Waals surface area contributed by atoms with Crippen LogP contribution in [-0.2, 0) is 13.0 Å². The molecule has 1 amide bonds. The molecule has 1 fully saturated rings. The van der Waals surface area contributed by atoms with Crippen LogP contribution in [0.15, 0.2) is 54.6 Å². The van der Waals surface area contributed by atoms with Gasteiger partial charge in [-0.15, -0.1) is 0 Å². The molecule has 2 aliphatic rings. The molecular weight excluding hydrogens is 470 g/mol. The number of aromatic nitrogens is 4. The minimum atomic E-state index is -0.189. The number of carbonyl (C=O) groups is 1. The fraction of sp³-hybridized carbons (Fsp3) is 0.259. The number of nitrogen functional groups attached to an aromatic ring is 1. The maximum Gasteiger partial charge on any atom is 0.320 e. The minimum Gasteiger partial charge on any atom is -0.480 e. The predicted octanol–water partition coefficient (Wildman–Crippen LogP) is 2.41. The Kier molecular flexibility index (Phi) is 5.93. The molecule has 37 heavy (non-hydrogen) atoms. The molecule has 5 N–H and O–H groups in total. The van der Waals surface area contributed by atoms with Crippen molar-refractivity contribution in [3.8, 4) is 23.1 Å². The summed E-state index contributed by atoms with van der Waals surface area (Å²) < 4.78 is 7.30. The molecule has 4 bridgehead atoms. The van der Waals surface area contributed by atoms with Crippen molar-refractivity contribution in [1.82, 2.24) is 30.2 Å². The largest absolute Gasteiger partial charge is 0.480 e. The van der Waals surface area contributed by atoms with Gasteiger partial charge in [0.15, 0.2) is 17.0 Å². The smallest absolute Gasteiger partial charge is 0.320 e. The van der Waals surface area contributed by atoms with Crippen molar-refractivity contribution >= 4 is 22.9 Å². The van der Waals surface area contributed by atoms with Crippen LogP contribution in [-0.4, -0.2) is 56.3 Å². The first-order valence-corrected chi connectivity index (χ1v) is 12.3. The molecule has 188 valence electrons. The number of nitrogens with zero attached hydrogens (tertiary/aromatic N) is 4. The average Bonchev–Trinajstić information content (AvgIpc) is 3.18. The summed E-state index contributed by atoms with van der Waals surface area (Å²) in [6.45, 7) is 2.33. The number of ether oxygens (including phenoxy) is 1. The van der Waals surface area contributed by atoms with Gasteiger partial charge in [-0.1, -0.05) is 42.5 Å². The van der Waals surface area contributed by atoms with E-state index in [2.05, 4.69) is 49.9 Å². The maximum atomic E-state index is 12.7. The molecule has 2 aromatic carbocycles. The van der Waals surface area contributed by atoms with Crippen molar-refractivity contribution in [2.24, 2.45) is 0 Å². The van der Waals surface area contributed by atoms with E-state index < -0.39 is 0 Å². The molecular formula is C27H27N7O3. The van der Waals surface area contributed by atoms with Gasteiger partial charge in [0.25, 0.3) is 11.9 Å². The van der Waals surface area contributed by atoms with E-state index in [1.165, 1.54) is 0 Å². The second kappa shape index (κ2) is 9.55. The number of hydrogen-bond acceptors (Lipinski definition) is 8. The number of allylic oxidation sites excluding steroid dienone is 1. The molecule has 4 aromatic rings. The first-order valence-electron chi connectivity index (χ1n) is 12.3. The number of nitrogens with one attached hydrogen (secondary N) is 2. The second-order valence-electron chi connectivity index (χ2n) is 9.28. The first-order chi connectivity index (χ1) is 18.0. The zero-order valence-corrected chi connectivity index (χ0v) is 20.1. The van der Waals surface area contributed by atoms with Gasteiger partial charge >= 0.3 is 6.01 Å². The molecule has 2 aromatic heterocycles. The van der Waals surface area contributed by atoms with E-state index in [1.807, 2.05) is 30.3 Å². The second-order valence-corrected chi connectivity index (χ2v) is 9.28. The van der Waals surface area contributed by atoms with Crippen molar-refractivity contribution in [1.29, 1.82) is 0 Å². The van der Waals surface area contributed by atoms with E-state index in [1.54, 1.807) is 4.57 Å². The summed E-state index contributed by atoms with van der Waals surface area (Å²) in [5.41, 5.74) is 11.5. The zero-order valence-electron chi connectivity index (χ0n) is 20.1. The van der Waals surface area contributed by atoms with Crippen LogP contribution < -0.4 is 21.1 Å². The molecule has 0 radical (unpaired) electrons. The lowest BCUT2D eigenvalue weighted by atomic mass is 9.94. The van der Waals surface area contributed by atoms with Gasteiger partial charge in [-0.3, -0.25) is 9.36 Å². The Morgan fingerprint density at radius 1 is 1.14 bits per heavy atom. The molecule has 6 rings (SSSR count). The van der Waals surface area contributed by atoms with Crippen LogP contribution in [0.1, 0.15) is 27.9 Å². The van der Waals surface area contributed by atoms with Crippen LogP contribution in [0.3, 0.4) is 0 Å². The van der Waals surface area contributed by atoms with Crippen molar-refractivity contribution in [3.05, 3.63) is 71.3 Å². The van der Waals surface area contributed by atoms with Gasteiger partial charge in [0.1, 0.15) is 0 Å². The summed E-state index contributed by atoms with van der Waals surface area (Å²) in [6.07, 6.45) is 5.55. The molecule has 4 heterocycles. The van der Waals surface area contributed by atoms with Crippen LogP contribution in [0.25, 0.3) is 22.3 Å². The van der Waals surface area contributed by atoms with Crippen molar-refractivity contribution in [2.75, 3.05) is 25.4 Å². The van der Waals surface area contributed by atoms with Crippen LogP contribution >= 0.6 is 0 Å². The highest BCUT2D eigenvalue weighted by Gasteiger charge is 2.21. The Labute approximate surface area is 213 Å². The Morgan fingerprint density at radius 2 is 2.03 bits per heavy atom. The molecule has 0 aliphatic carbocycles. The molecule has 10 nitrogen and oxygen atoms in total. The van der Waals surface area contributed by atoms with E-state index in [9.17, 15) is 9.90 Å². The van der Waals surface area contributed by atoms with Gasteiger partial charge in [-0.05, 0) is 47.2 Å². The number of rotatable bonds is 3. The zero-order chi connectivity index (χ0) is 25.4. The highest BCUT2D eigenvalue weighted by atomic mass is 16.5. The van der Waals surface area contributed by atoms with E-state index in [4.69, 9.17) is 10.5 Å². The summed E-state index contributed by atoms with van der Waals surface area (Å²) in [4.78, 5) is 25.5. The quantitative estimate of drug-likeness (QED) is 0.316. The van der Waals surface area contributed by atoms with Crippen LogP contribution in [0.5, 0.6) is 12.0 Å². The summed E-state index contributed by atoms with van der Waals surface area (Å²) in [5.74, 6) is 0.0918. The van der Waals surface area contributed by atoms with Gasteiger partial charge in [-0.25, -0.2) is 0 Å². The SMILES string of the molecule is Nc1nc2nc3c1nc(O)n3Cc1ccc(-c3cccc(C(=O)NC4CNC4)c3)c(c1)C/C=C/CCO2. The molecule has 0 unspecified atom stereocenters. The number of aromatic hydroxyl groups is 1. The summed E-state index contributed by atoms with van der Waals surface area (Å²) in [6, 6.07) is 14.0. The van der Waals surface area contributed by atoms with E-state index in [-0.39, 0.29) is 29.8 Å². The van der Waals surface area contributed by atoms with Gasteiger partial charge in [0.2, 0.25) is 0 Å². The normalized spacial score (nSPS) is 16.5. The average molecular weight is 498 g/mol. The first kappa shape index (κ1) is 23.0. The number of imidazole rings is 1. The molecule has 0 atom stereocenters. The number of nitrogens with two attached hydrogens (primary N) is 1. The van der Waals surface area contributed by atoms with Crippen LogP contribution in [0.2, 0.25) is 0 Å². The molecule has 0 saturated carbocycles. The van der Waals surface area contributed by atoms with Crippen molar-refractivity contribution < 1.29 is 14.6 Å². The minimum absolute atomic E-state index is 0.0658. The third-order valence-electron chi connectivity index (χ3n) is 6.66. The van der Waals surface area contributed by atoms with Crippen LogP contribution in [0.4, 0.5) is 5.82 Å². The summed E-state index contributed by atoms with van der Waals surface area (Å²) in [5, 5.41) is 16.8. The van der Waals surface area contributed by atoms with Gasteiger partial charge in [0.05, 0.1) is 19.2 Å². The van der Waals surface area contributed by atoms with E-state index in [0.717, 1.165) is 35.3 Å². The standard InChI is InChI=1S/C27H27N7O3/c28-23-22-24-33-26(32-23)37-10-3-1-2-5-17-11-16(15-34(24)27(36)31-22)8-9-21(17)18-6-4-7-19(12-18)25(35)30-20-13-29-14-20/h1-2,4,6-9,11-12,20,29H,3,5,10,13-15H2,(H,30,35)(H,31,36)(H2,28,32,33)/b2-1+. The molecule has 10 heteroatoms. The van der Waals surface area contributed by atoms with Gasteiger partial charge < -0.3 is 26.2 Å². The van der Waals surface area contributed by atoms with Gasteiger partial charge in [-0.2, -0.15) is 15.0 Å². The van der Waals surface area contributed by atoms with E-state index >= 15 is 0 Å². The summed E-state index contributed by atoms with van der Waals surface area (Å²) >= 11 is 0. The third-order valence-corrected chi connectivity index (χ3v) is 6.66. The van der Waals surface area contributed by atoms with E-state index in [0.29, 0.717) is 42.7 Å². The van der Waals surface area contributed by atoms with Crippen LogP contribution in [0, 0.1) is 0 Å². The topological polar surface area (TPSA) is 140 Å². The number of hydrogen-bond donors (Lipinski definition) is 4. The Balaban J connectivity index is 1.38. The number of carbonyl (C=O) groups excluding carboxylic acids is 1. The van der Waals surface area contributed by atoms with Crippen molar-refractivity contribution in [2.45, 2.75) is 25.4 Å². The van der Waals surface area contributed by atoms with Crippen molar-refractivity contribution in [3.63, 3.8) is 0 Å². The van der Waals surface area contributed by atoms with Gasteiger partial charge in [0, 0.05) is 18.7 Å². The lowest BCUT2D eigenvalue weighted by Crippen LogP contribution is -2.56. The predicted molar refractivity (Wildman–Crippen MR) is 139 cm³/mol. The third kappa shape index (κ3) is 4.58. The maximum absolute atomic E-state index is 12.7. The highest BCUT2D eigenvalue weighted by Crippen LogP contribution is 2.30. The fourth-order valence-electron chi connectivity index (χ4n) is 4.61. The lowest BCUT2D eigenvalue weighted by Gasteiger charge is -2.28. The number of anilines is 1. The molecule has 0 spiro atoms. The summed E-state index contributed by atoms with van der Waals surface area (Å²) in [7, 11) is 0. The monoisotopic (exact) mass is 497 g/mol. The Morgan fingerprint density at radius 3 is 2.86 bits per heavy atom. The fourth-order valence-corrected chi connectivity index (χ4v) is 4.61. The number of amides is 1.